The summed E-state index contributed by atoms with van der Waals surface area (Å²) < 4.78 is 227. The summed E-state index contributed by atoms with van der Waals surface area (Å²) in [6.45, 7) is 0. The summed E-state index contributed by atoms with van der Waals surface area (Å²) in [7, 11) is -8.53. The van der Waals surface area contributed by atoms with E-state index in [-0.39, 0.29) is 64.7 Å². The smallest absolute Gasteiger partial charge is 0.339 e. The fraction of sp³-hybridized carbons (Fsp3) is 0.0506. The van der Waals surface area contributed by atoms with E-state index in [1.807, 2.05) is 0 Å². The molecule has 16 aromatic rings. The van der Waals surface area contributed by atoms with Crippen LogP contribution in [0, 0.1) is 46.5 Å². The standard InChI is InChI=1S/C27H14F6N2O5S.C25H18FN3O5S.C24H17FN4O5S.C3H4N2O.H3P/c1-39-20-11-17(13-3-2-4-15(28)9-13)34-12-19(20)35-18-7-6-16(10-14(18)5-8-21(35)36)41(37,38)40-27-25(32)23(30)22(29)24(31)26(27)33;1-33-24-13-21(16-3-2-4-18(26)11-16)27-14-23(24)29-22-7-6-20(12-17(22)5-8-25(29)30)35(31,32)15-19-9-10-34-28-19;1-33-22-13-19(15-3-2-4-17(25)11-15)26-14-21(22)29-20-7-6-18(12-16(20)5-8-24(29)30)35(31,32)28-23-9-10-34-27-23;4-3-1-2-6-5-3;/h2-12H,1H3;2-14H,15H2,1H3;2-14H,1H3,(H,27,28);1-2H,(H2,4,5);1H3. The molecule has 0 aliphatic carbocycles. The van der Waals surface area contributed by atoms with Crippen molar-refractivity contribution in [3.63, 3.8) is 0 Å². The van der Waals surface area contributed by atoms with Gasteiger partial charge in [0.15, 0.2) is 21.5 Å². The van der Waals surface area contributed by atoms with Gasteiger partial charge in [0.05, 0.1) is 89.0 Å². The van der Waals surface area contributed by atoms with Gasteiger partial charge in [-0.2, -0.15) is 27.1 Å². The highest BCUT2D eigenvalue weighted by Gasteiger charge is 2.32. The number of fused-ring (bicyclic) bond motifs is 3. The predicted octanol–water partition coefficient (Wildman–Crippen LogP) is 14.1. The maximum atomic E-state index is 14.0. The summed E-state index contributed by atoms with van der Waals surface area (Å²) in [5.74, 6) is -14.5. The highest BCUT2D eigenvalue weighted by Crippen LogP contribution is 2.37. The van der Waals surface area contributed by atoms with E-state index in [9.17, 15) is 74.8 Å². The van der Waals surface area contributed by atoms with Crippen LogP contribution in [-0.4, -0.2) is 90.7 Å². The third-order valence-corrected chi connectivity index (χ3v) is 21.4. The molecule has 39 heteroatoms. The summed E-state index contributed by atoms with van der Waals surface area (Å²) >= 11 is 0. The maximum absolute atomic E-state index is 14.0. The minimum absolute atomic E-state index is 0. The number of hydrogen-bond donors (Lipinski definition) is 2. The first-order valence-corrected chi connectivity index (χ1v) is 38.1. The fourth-order valence-electron chi connectivity index (χ4n) is 11.7. The van der Waals surface area contributed by atoms with Crippen LogP contribution in [0.4, 0.5) is 46.8 Å². The Labute approximate surface area is 664 Å². The number of nitrogens with one attached hydrogen (secondary N) is 1. The van der Waals surface area contributed by atoms with Crippen molar-refractivity contribution in [1.82, 2.24) is 44.1 Å². The van der Waals surface area contributed by atoms with E-state index >= 15 is 0 Å². The molecule has 0 amide bonds. The van der Waals surface area contributed by atoms with E-state index in [2.05, 4.69) is 48.4 Å². The highest BCUT2D eigenvalue weighted by molar-refractivity contribution is 7.92. The van der Waals surface area contributed by atoms with E-state index in [0.29, 0.717) is 90.0 Å². The van der Waals surface area contributed by atoms with Gasteiger partial charge in [0, 0.05) is 87.4 Å². The van der Waals surface area contributed by atoms with Gasteiger partial charge in [0.25, 0.3) is 26.7 Å². The van der Waals surface area contributed by atoms with Gasteiger partial charge in [-0.15, -0.1) is 0 Å². The van der Waals surface area contributed by atoms with Crippen LogP contribution in [0.3, 0.4) is 0 Å². The molecule has 0 spiro atoms. The zero-order valence-corrected chi connectivity index (χ0v) is 64.7. The summed E-state index contributed by atoms with van der Waals surface area (Å²) in [6, 6.07) is 46.7. The van der Waals surface area contributed by atoms with Crippen LogP contribution in [-0.2, 0) is 35.7 Å². The number of rotatable bonds is 18. The first-order valence-electron chi connectivity index (χ1n) is 33.6. The van der Waals surface area contributed by atoms with Crippen molar-refractivity contribution < 1.29 is 92.3 Å². The first-order chi connectivity index (χ1) is 56.0. The van der Waals surface area contributed by atoms with Gasteiger partial charge in [-0.05, 0) is 109 Å². The number of nitrogen functional groups attached to an aromatic ring is 1. The molecule has 0 bridgehead atoms. The molecule has 9 heterocycles. The van der Waals surface area contributed by atoms with Crippen LogP contribution >= 0.6 is 9.90 Å². The van der Waals surface area contributed by atoms with Crippen LogP contribution in [0.15, 0.2) is 280 Å². The molecule has 3 N–H and O–H groups in total. The summed E-state index contributed by atoms with van der Waals surface area (Å²) in [5.41, 5.74) is 8.76. The number of halogens is 8. The van der Waals surface area contributed by atoms with Crippen LogP contribution in [0.25, 0.3) is 83.5 Å². The Morgan fingerprint density at radius 3 is 1.17 bits per heavy atom. The Hall–Kier alpha value is -14.2. The first kappa shape index (κ1) is 83.2. The lowest BCUT2D eigenvalue weighted by molar-refractivity contribution is 0.346. The zero-order valence-electron chi connectivity index (χ0n) is 60.8. The van der Waals surface area contributed by atoms with Gasteiger partial charge in [-0.3, -0.25) is 47.8 Å². The van der Waals surface area contributed by atoms with E-state index in [1.165, 1.54) is 183 Å². The largest absolute Gasteiger partial charge is 0.494 e. The Morgan fingerprint density at radius 1 is 0.415 bits per heavy atom. The normalized spacial score (nSPS) is 11.3. The molecule has 9 aromatic heterocycles. The van der Waals surface area contributed by atoms with Gasteiger partial charge >= 0.3 is 10.1 Å². The van der Waals surface area contributed by atoms with Gasteiger partial charge in [0.2, 0.25) is 34.8 Å². The van der Waals surface area contributed by atoms with E-state index in [4.69, 9.17) is 24.5 Å². The molecule has 27 nitrogen and oxygen atoms in total. The van der Waals surface area contributed by atoms with Crippen LogP contribution in [0.5, 0.6) is 23.0 Å². The Morgan fingerprint density at radius 2 is 0.797 bits per heavy atom. The number of anilines is 2. The predicted molar refractivity (Wildman–Crippen MR) is 419 cm³/mol. The Bertz CT molecular complexity index is 6770. The van der Waals surface area contributed by atoms with Crippen LogP contribution in [0.1, 0.15) is 5.69 Å². The number of pyridine rings is 6. The zero-order chi connectivity index (χ0) is 83.2. The monoisotopic (exact) mass is 1690 g/mol. The highest BCUT2D eigenvalue weighted by atomic mass is 32.2. The number of methoxy groups -OCH3 is 3. The molecule has 16 rings (SSSR count). The summed E-state index contributed by atoms with van der Waals surface area (Å²) in [5, 5.41) is 11.7. The second kappa shape index (κ2) is 34.8. The molecule has 1 atom stereocenters. The number of sulfone groups is 1. The average molecular weight is 1690 g/mol. The average Bonchev–Trinajstić information content (AvgIpc) is 0.787. The lowest BCUT2D eigenvalue weighted by atomic mass is 10.1. The number of aromatic nitrogens is 9. The van der Waals surface area contributed by atoms with Crippen molar-refractivity contribution in [3.8, 4) is 73.8 Å². The Kier molecular flexibility index (Phi) is 24.6. The van der Waals surface area contributed by atoms with Crippen molar-refractivity contribution in [2.75, 3.05) is 31.8 Å². The minimum atomic E-state index is -5.13. The molecular weight excluding hydrogens is 1640 g/mol. The molecule has 0 aliphatic heterocycles. The van der Waals surface area contributed by atoms with Gasteiger partial charge in [0.1, 0.15) is 81.2 Å². The number of nitrogens with zero attached hydrogens (tertiary/aromatic N) is 9. The fourth-order valence-corrected chi connectivity index (χ4v) is 15.0. The van der Waals surface area contributed by atoms with E-state index in [1.54, 1.807) is 60.7 Å². The Balaban J connectivity index is 0.000000157. The molecule has 1 unspecified atom stereocenters. The van der Waals surface area contributed by atoms with Crippen molar-refractivity contribution in [2.24, 2.45) is 0 Å². The molecule has 0 radical (unpaired) electrons. The lowest BCUT2D eigenvalue weighted by Crippen LogP contribution is -2.19. The summed E-state index contributed by atoms with van der Waals surface area (Å²) in [4.78, 5) is 51.1. The van der Waals surface area contributed by atoms with Crippen LogP contribution in [0.2, 0.25) is 0 Å². The number of sulfonamides is 1. The molecule has 602 valence electrons. The van der Waals surface area contributed by atoms with E-state index in [0.717, 1.165) is 28.8 Å². The lowest BCUT2D eigenvalue weighted by Gasteiger charge is -2.15. The van der Waals surface area contributed by atoms with Crippen molar-refractivity contribution in [3.05, 3.63) is 321 Å². The SMILES string of the molecule is COc1cc(-c2cccc(F)c2)ncc1-n1c(=O)ccc2cc(S(=O)(=O)Cc3ccon3)ccc21.COc1cc(-c2cccc(F)c2)ncc1-n1c(=O)ccc2cc(S(=O)(=O)Nc3ccon3)ccc21.COc1cc(-c2cccc(F)c2)ncc1-n1c(=O)ccc2cc(S(=O)(=O)Oc3c(F)c(F)c(F)c(F)c3F)ccc21.Nc1ccon1.P. The molecule has 118 heavy (non-hydrogen) atoms. The van der Waals surface area contributed by atoms with Gasteiger partial charge in [-0.25, -0.2) is 43.2 Å². The quantitative estimate of drug-likeness (QED) is 0.0265. The molecule has 7 aromatic carbocycles. The van der Waals surface area contributed by atoms with E-state index < -0.39 is 92.7 Å². The minimum Gasteiger partial charge on any atom is -0.494 e. The van der Waals surface area contributed by atoms with Crippen molar-refractivity contribution in [2.45, 2.75) is 20.4 Å². The second-order valence-electron chi connectivity index (χ2n) is 24.5. The second-order valence-corrected chi connectivity index (χ2v) is 29.8. The number of hydrogen-bond acceptors (Lipinski definition) is 23. The molecule has 0 fully saturated rings. The van der Waals surface area contributed by atoms with Gasteiger partial charge in [-0.1, -0.05) is 51.9 Å². The number of benzene rings is 7. The molecule has 0 saturated heterocycles. The molecule has 0 saturated carbocycles. The van der Waals surface area contributed by atoms with Crippen molar-refractivity contribution >= 4 is 84.2 Å². The topological polar surface area (TPSA) is 360 Å². The summed E-state index contributed by atoms with van der Waals surface area (Å²) in [6.07, 6.45) is 8.20. The molecule has 0 aliphatic rings. The maximum Gasteiger partial charge on any atom is 0.339 e. The van der Waals surface area contributed by atoms with Crippen molar-refractivity contribution in [1.29, 1.82) is 0 Å². The third kappa shape index (κ3) is 17.8. The van der Waals surface area contributed by atoms with Crippen LogP contribution < -0.4 is 45.5 Å². The third-order valence-electron chi connectivity index (χ3n) is 17.2. The number of nitrogens with two attached hydrogens (primary N) is 1. The molecular formula is C79H56F8N11O16PS3. The van der Waals surface area contributed by atoms with Gasteiger partial charge < -0.3 is 37.7 Å². The number of ether oxygens (including phenoxy) is 3.